The number of nitrogens with one attached hydrogen (secondary N) is 2. The molecule has 0 fully saturated rings. The molecule has 5 rings (SSSR count). The van der Waals surface area contributed by atoms with Crippen LogP contribution >= 0.6 is 0 Å². The predicted octanol–water partition coefficient (Wildman–Crippen LogP) is 4.66. The van der Waals surface area contributed by atoms with Gasteiger partial charge in [-0.25, -0.2) is 0 Å². The Bertz CT molecular complexity index is 1200. The van der Waals surface area contributed by atoms with Crippen LogP contribution in [0.4, 0.5) is 11.4 Å². The molecular weight excluding hydrogens is 386 g/mol. The number of rotatable bonds is 2. The van der Waals surface area contributed by atoms with Crippen molar-refractivity contribution in [3.8, 4) is 0 Å². The van der Waals surface area contributed by atoms with Gasteiger partial charge in [0.2, 0.25) is 0 Å². The van der Waals surface area contributed by atoms with Crippen LogP contribution < -0.4 is 15.5 Å². The monoisotopic (exact) mass is 409 g/mol. The van der Waals surface area contributed by atoms with Gasteiger partial charge in [0.1, 0.15) is 0 Å². The Balaban J connectivity index is 1.81. The summed E-state index contributed by atoms with van der Waals surface area (Å²) in [5.74, 6) is -0.324. The van der Waals surface area contributed by atoms with Gasteiger partial charge in [-0.1, -0.05) is 60.7 Å². The smallest absolute Gasteiger partial charge is 0.259 e. The zero-order valence-corrected chi connectivity index (χ0v) is 17.4. The number of para-hydroxylation sites is 2. The molecule has 5 nitrogen and oxygen atoms in total. The minimum absolute atomic E-state index is 0.157. The van der Waals surface area contributed by atoms with Gasteiger partial charge in [0, 0.05) is 5.56 Å². The van der Waals surface area contributed by atoms with Crippen LogP contribution in [0.3, 0.4) is 0 Å². The molecule has 2 amide bonds. The van der Waals surface area contributed by atoms with Gasteiger partial charge in [-0.2, -0.15) is 0 Å². The van der Waals surface area contributed by atoms with Crippen molar-refractivity contribution in [2.75, 3.05) is 10.2 Å². The van der Waals surface area contributed by atoms with Crippen LogP contribution in [0, 0.1) is 0 Å². The summed E-state index contributed by atoms with van der Waals surface area (Å²) in [7, 11) is 0. The lowest BCUT2D eigenvalue weighted by Gasteiger charge is -2.32. The van der Waals surface area contributed by atoms with E-state index in [9.17, 15) is 9.59 Å². The van der Waals surface area contributed by atoms with Crippen LogP contribution in [0.25, 0.3) is 0 Å². The lowest BCUT2D eigenvalue weighted by molar-refractivity contribution is -0.117. The fourth-order valence-corrected chi connectivity index (χ4v) is 4.44. The number of benzene rings is 3. The van der Waals surface area contributed by atoms with E-state index in [2.05, 4.69) is 10.6 Å². The summed E-state index contributed by atoms with van der Waals surface area (Å²) in [6.45, 7) is 3.94. The quantitative estimate of drug-likeness (QED) is 0.647. The van der Waals surface area contributed by atoms with Gasteiger partial charge >= 0.3 is 0 Å². The van der Waals surface area contributed by atoms with Crippen molar-refractivity contribution < 1.29 is 9.59 Å². The average Bonchev–Trinajstić information content (AvgIpc) is 2.92. The molecule has 0 radical (unpaired) electrons. The highest BCUT2D eigenvalue weighted by Gasteiger charge is 2.47. The van der Waals surface area contributed by atoms with Gasteiger partial charge in [0.15, 0.2) is 0 Å². The third kappa shape index (κ3) is 3.10. The molecular formula is C26H23N3O2. The summed E-state index contributed by atoms with van der Waals surface area (Å²) in [4.78, 5) is 28.9. The Morgan fingerprint density at radius 3 is 2.19 bits per heavy atom. The third-order valence-electron chi connectivity index (χ3n) is 5.87. The number of nitrogens with zero attached hydrogens (tertiary/aromatic N) is 1. The van der Waals surface area contributed by atoms with Crippen LogP contribution in [0.2, 0.25) is 0 Å². The van der Waals surface area contributed by atoms with E-state index in [-0.39, 0.29) is 11.8 Å². The van der Waals surface area contributed by atoms with Crippen molar-refractivity contribution in [2.45, 2.75) is 25.4 Å². The molecule has 0 bridgehead atoms. The second-order valence-electron chi connectivity index (χ2n) is 8.36. The molecule has 3 aromatic rings. The van der Waals surface area contributed by atoms with E-state index in [1.807, 2.05) is 86.6 Å². The Kier molecular flexibility index (Phi) is 4.40. The van der Waals surface area contributed by atoms with E-state index in [1.165, 1.54) is 0 Å². The molecule has 0 aromatic heterocycles. The lowest BCUT2D eigenvalue weighted by Crippen LogP contribution is -2.41. The molecule has 2 N–H and O–H groups in total. The molecule has 31 heavy (non-hydrogen) atoms. The van der Waals surface area contributed by atoms with E-state index in [0.717, 1.165) is 22.6 Å². The number of carbonyl (C=O) groups excluding carboxylic acids is 2. The topological polar surface area (TPSA) is 61.4 Å². The maximum atomic E-state index is 13.9. The van der Waals surface area contributed by atoms with Crippen molar-refractivity contribution in [3.63, 3.8) is 0 Å². The van der Waals surface area contributed by atoms with Crippen LogP contribution in [-0.2, 0) is 4.79 Å². The lowest BCUT2D eigenvalue weighted by atomic mass is 9.92. The van der Waals surface area contributed by atoms with Crippen LogP contribution in [-0.4, -0.2) is 17.4 Å². The number of anilines is 2. The number of hydrogen-bond acceptors (Lipinski definition) is 3. The number of fused-ring (bicyclic) bond motifs is 1. The Labute approximate surface area is 181 Å². The van der Waals surface area contributed by atoms with Crippen molar-refractivity contribution in [1.29, 1.82) is 0 Å². The SMILES string of the molecule is CC1(C)NC(=O)C2=C1Nc1ccccc1N(C(=O)c1ccccc1)C2c1ccccc1. The van der Waals surface area contributed by atoms with Gasteiger partial charge in [-0.15, -0.1) is 0 Å². The summed E-state index contributed by atoms with van der Waals surface area (Å²) in [6, 6.07) is 26.1. The van der Waals surface area contributed by atoms with Crippen LogP contribution in [0.1, 0.15) is 35.8 Å². The fraction of sp³-hybridized carbons (Fsp3) is 0.154. The van der Waals surface area contributed by atoms with E-state index in [4.69, 9.17) is 0 Å². The molecule has 2 aliphatic rings. The highest BCUT2D eigenvalue weighted by molar-refractivity contribution is 6.12. The fourth-order valence-electron chi connectivity index (χ4n) is 4.44. The summed E-state index contributed by atoms with van der Waals surface area (Å²) in [5, 5.41) is 6.56. The summed E-state index contributed by atoms with van der Waals surface area (Å²) >= 11 is 0. The minimum Gasteiger partial charge on any atom is -0.355 e. The summed E-state index contributed by atoms with van der Waals surface area (Å²) < 4.78 is 0. The first-order chi connectivity index (χ1) is 15.0. The maximum absolute atomic E-state index is 13.9. The van der Waals surface area contributed by atoms with E-state index >= 15 is 0 Å². The molecule has 2 heterocycles. The van der Waals surface area contributed by atoms with Crippen molar-refractivity contribution in [1.82, 2.24) is 5.32 Å². The number of hydrogen-bond donors (Lipinski definition) is 2. The maximum Gasteiger partial charge on any atom is 0.259 e. The van der Waals surface area contributed by atoms with Gasteiger partial charge in [0.25, 0.3) is 11.8 Å². The van der Waals surface area contributed by atoms with Crippen molar-refractivity contribution in [3.05, 3.63) is 107 Å². The highest BCUT2D eigenvalue weighted by atomic mass is 16.2. The Hall–Kier alpha value is -3.86. The second-order valence-corrected chi connectivity index (χ2v) is 8.36. The first-order valence-electron chi connectivity index (χ1n) is 10.3. The zero-order chi connectivity index (χ0) is 21.6. The van der Waals surface area contributed by atoms with Gasteiger partial charge in [-0.3, -0.25) is 14.5 Å². The molecule has 0 spiro atoms. The van der Waals surface area contributed by atoms with Crippen LogP contribution in [0.15, 0.2) is 96.2 Å². The van der Waals surface area contributed by atoms with Gasteiger partial charge in [0.05, 0.1) is 34.2 Å². The molecule has 154 valence electrons. The molecule has 0 saturated carbocycles. The number of amides is 2. The van der Waals surface area contributed by atoms with Crippen molar-refractivity contribution in [2.24, 2.45) is 0 Å². The molecule has 0 saturated heterocycles. The normalized spacial score (nSPS) is 19.1. The highest BCUT2D eigenvalue weighted by Crippen LogP contribution is 2.46. The van der Waals surface area contributed by atoms with Gasteiger partial charge in [-0.05, 0) is 43.7 Å². The van der Waals surface area contributed by atoms with Gasteiger partial charge < -0.3 is 10.6 Å². The zero-order valence-electron chi connectivity index (χ0n) is 17.4. The Morgan fingerprint density at radius 1 is 0.871 bits per heavy atom. The summed E-state index contributed by atoms with van der Waals surface area (Å²) in [5.41, 5.74) is 3.76. The first-order valence-corrected chi connectivity index (χ1v) is 10.3. The third-order valence-corrected chi connectivity index (χ3v) is 5.87. The molecule has 1 unspecified atom stereocenters. The molecule has 5 heteroatoms. The van der Waals surface area contributed by atoms with Crippen LogP contribution in [0.5, 0.6) is 0 Å². The number of carbonyl (C=O) groups is 2. The predicted molar refractivity (Wildman–Crippen MR) is 122 cm³/mol. The second kappa shape index (κ2) is 7.13. The van der Waals surface area contributed by atoms with Crippen molar-refractivity contribution >= 4 is 23.2 Å². The average molecular weight is 409 g/mol. The molecule has 2 aliphatic heterocycles. The molecule has 0 aliphatic carbocycles. The standard InChI is InChI=1S/C26H23N3O2/c1-26(2)23-21(24(30)28-26)22(17-11-5-3-6-12-17)29(20-16-10-9-15-19(20)27-23)25(31)18-13-7-4-8-14-18/h3-16,22,27H,1-2H3,(H,28,30). The summed E-state index contributed by atoms with van der Waals surface area (Å²) in [6.07, 6.45) is 0. The molecule has 3 aromatic carbocycles. The first kappa shape index (κ1) is 19.1. The van der Waals surface area contributed by atoms with E-state index < -0.39 is 11.6 Å². The Morgan fingerprint density at radius 2 is 1.48 bits per heavy atom. The van der Waals surface area contributed by atoms with E-state index in [1.54, 1.807) is 17.0 Å². The minimum atomic E-state index is -0.585. The largest absolute Gasteiger partial charge is 0.355 e. The molecule has 1 atom stereocenters. The van der Waals surface area contributed by atoms with E-state index in [0.29, 0.717) is 11.1 Å².